The zero-order chi connectivity index (χ0) is 21.3. The fourth-order valence-corrected chi connectivity index (χ4v) is 5.63. The monoisotopic (exact) mass is 442 g/mol. The van der Waals surface area contributed by atoms with E-state index in [0.29, 0.717) is 0 Å². The molecule has 7 heteroatoms. The van der Waals surface area contributed by atoms with E-state index in [1.807, 2.05) is 35.3 Å². The van der Waals surface area contributed by atoms with Crippen molar-refractivity contribution in [3.63, 3.8) is 0 Å². The van der Waals surface area contributed by atoms with Crippen molar-refractivity contribution in [1.29, 1.82) is 0 Å². The molecule has 4 aromatic heterocycles. The second-order valence-electron chi connectivity index (χ2n) is 8.70. The Balaban J connectivity index is 1.22. The van der Waals surface area contributed by atoms with Gasteiger partial charge in [0.15, 0.2) is 5.13 Å². The number of fused-ring (bicyclic) bond motifs is 2. The largest absolute Gasteiger partial charge is 0.361 e. The van der Waals surface area contributed by atoms with Crippen molar-refractivity contribution in [2.75, 3.05) is 11.9 Å². The first-order valence-corrected chi connectivity index (χ1v) is 12.2. The van der Waals surface area contributed by atoms with Crippen LogP contribution >= 0.6 is 11.3 Å². The summed E-state index contributed by atoms with van der Waals surface area (Å²) in [6.45, 7) is 1.05. The molecular formula is C25H26N6S. The summed E-state index contributed by atoms with van der Waals surface area (Å²) in [7, 11) is 0. The van der Waals surface area contributed by atoms with Crippen molar-refractivity contribution in [1.82, 2.24) is 24.1 Å². The number of anilines is 1. The van der Waals surface area contributed by atoms with E-state index in [0.717, 1.165) is 46.6 Å². The molecule has 1 fully saturated rings. The Morgan fingerprint density at radius 2 is 2.03 bits per heavy atom. The van der Waals surface area contributed by atoms with E-state index < -0.39 is 0 Å². The first-order chi connectivity index (χ1) is 15.8. The smallest absolute Gasteiger partial charge is 0.183 e. The summed E-state index contributed by atoms with van der Waals surface area (Å²) in [5.41, 5.74) is 5.47. The topological polar surface area (TPSA) is 60.0 Å². The number of nitrogens with zero attached hydrogens (tertiary/aromatic N) is 5. The number of nitrogens with one attached hydrogen (secondary N) is 1. The highest BCUT2D eigenvalue weighted by atomic mass is 32.1. The van der Waals surface area contributed by atoms with Gasteiger partial charge >= 0.3 is 0 Å². The maximum absolute atomic E-state index is 4.81. The summed E-state index contributed by atoms with van der Waals surface area (Å²) in [4.78, 5) is 9.39. The van der Waals surface area contributed by atoms with Crippen molar-refractivity contribution in [2.45, 2.75) is 38.5 Å². The highest BCUT2D eigenvalue weighted by molar-refractivity contribution is 7.22. The predicted octanol–water partition coefficient (Wildman–Crippen LogP) is 5.71. The van der Waals surface area contributed by atoms with Gasteiger partial charge in [-0.3, -0.25) is 0 Å². The quantitative estimate of drug-likeness (QED) is 0.366. The van der Waals surface area contributed by atoms with Crippen LogP contribution in [0.4, 0.5) is 5.13 Å². The molecule has 0 aliphatic heterocycles. The van der Waals surface area contributed by atoms with Gasteiger partial charge in [-0.2, -0.15) is 5.10 Å². The van der Waals surface area contributed by atoms with Gasteiger partial charge in [0, 0.05) is 43.4 Å². The van der Waals surface area contributed by atoms with Crippen molar-refractivity contribution in [2.24, 2.45) is 5.92 Å². The molecule has 1 aromatic carbocycles. The zero-order valence-electron chi connectivity index (χ0n) is 17.9. The van der Waals surface area contributed by atoms with Crippen LogP contribution in [-0.4, -0.2) is 30.7 Å². The second-order valence-corrected chi connectivity index (χ2v) is 9.73. The van der Waals surface area contributed by atoms with Gasteiger partial charge in [0.2, 0.25) is 0 Å². The average molecular weight is 443 g/mol. The number of hydrogen-bond donors (Lipinski definition) is 1. The van der Waals surface area contributed by atoms with Crippen LogP contribution in [0.3, 0.4) is 0 Å². The minimum Gasteiger partial charge on any atom is -0.361 e. The Morgan fingerprint density at radius 1 is 1.09 bits per heavy atom. The van der Waals surface area contributed by atoms with E-state index in [1.54, 1.807) is 17.5 Å². The molecule has 5 aromatic rings. The zero-order valence-corrected chi connectivity index (χ0v) is 18.8. The van der Waals surface area contributed by atoms with Gasteiger partial charge in [-0.05, 0) is 54.7 Å². The third kappa shape index (κ3) is 3.88. The van der Waals surface area contributed by atoms with E-state index in [9.17, 15) is 0 Å². The summed E-state index contributed by atoms with van der Waals surface area (Å²) >= 11 is 1.76. The SMILES string of the molecule is c1cnn(-c2ccc3ncc(Cc4ccc5nc(NCC6CCCCC6)sc5c4)n3c2)c1. The molecule has 0 bridgehead atoms. The Morgan fingerprint density at radius 3 is 2.91 bits per heavy atom. The van der Waals surface area contributed by atoms with Crippen molar-refractivity contribution in [3.05, 3.63) is 72.4 Å². The number of aromatic nitrogens is 5. The lowest BCUT2D eigenvalue weighted by Crippen LogP contribution is -2.16. The highest BCUT2D eigenvalue weighted by Gasteiger charge is 2.14. The van der Waals surface area contributed by atoms with Crippen LogP contribution in [0.15, 0.2) is 61.2 Å². The van der Waals surface area contributed by atoms with Gasteiger partial charge in [0.1, 0.15) is 5.65 Å². The molecule has 1 saturated carbocycles. The Hall–Kier alpha value is -3.19. The Labute approximate surface area is 190 Å². The lowest BCUT2D eigenvalue weighted by Gasteiger charge is -2.21. The van der Waals surface area contributed by atoms with E-state index in [2.05, 4.69) is 44.2 Å². The van der Waals surface area contributed by atoms with Crippen LogP contribution in [0.1, 0.15) is 43.4 Å². The molecule has 0 atom stereocenters. The van der Waals surface area contributed by atoms with Crippen LogP contribution in [0.25, 0.3) is 21.6 Å². The summed E-state index contributed by atoms with van der Waals surface area (Å²) < 4.78 is 5.26. The summed E-state index contributed by atoms with van der Waals surface area (Å²) in [5.74, 6) is 0.799. The fraction of sp³-hybridized carbons (Fsp3) is 0.320. The Bertz CT molecular complexity index is 1340. The molecular weight excluding hydrogens is 416 g/mol. The van der Waals surface area contributed by atoms with Gasteiger partial charge in [-0.1, -0.05) is 36.7 Å². The molecule has 4 heterocycles. The van der Waals surface area contributed by atoms with E-state index >= 15 is 0 Å². The highest BCUT2D eigenvalue weighted by Crippen LogP contribution is 2.29. The van der Waals surface area contributed by atoms with Crippen LogP contribution in [-0.2, 0) is 6.42 Å². The molecule has 6 nitrogen and oxygen atoms in total. The standard InChI is InChI=1S/C25H26N6S/c1-2-5-18(6-3-1)15-27-25-29-22-9-7-19(14-23(22)32-25)13-21-16-26-24-10-8-20(17-30(21)24)31-12-4-11-28-31/h4,7-12,14,16-18H,1-3,5-6,13,15H2,(H,27,29). The van der Waals surface area contributed by atoms with Crippen molar-refractivity contribution in [3.8, 4) is 5.69 Å². The van der Waals surface area contributed by atoms with Gasteiger partial charge in [-0.25, -0.2) is 14.6 Å². The van der Waals surface area contributed by atoms with Crippen LogP contribution < -0.4 is 5.32 Å². The number of rotatable bonds is 6. The summed E-state index contributed by atoms with van der Waals surface area (Å²) in [5, 5.41) is 8.98. The number of benzene rings is 1. The van der Waals surface area contributed by atoms with Gasteiger partial charge in [0.05, 0.1) is 15.9 Å². The maximum Gasteiger partial charge on any atom is 0.183 e. The van der Waals surface area contributed by atoms with E-state index in [4.69, 9.17) is 4.98 Å². The summed E-state index contributed by atoms with van der Waals surface area (Å²) in [6, 6.07) is 12.6. The molecule has 32 heavy (non-hydrogen) atoms. The minimum atomic E-state index is 0.799. The second kappa shape index (κ2) is 8.39. The van der Waals surface area contributed by atoms with Gasteiger partial charge < -0.3 is 9.72 Å². The first-order valence-electron chi connectivity index (χ1n) is 11.4. The lowest BCUT2D eigenvalue weighted by atomic mass is 9.89. The number of thiazole rings is 1. The van der Waals surface area contributed by atoms with Crippen molar-refractivity contribution >= 4 is 32.3 Å². The first kappa shape index (κ1) is 19.5. The third-order valence-electron chi connectivity index (χ3n) is 6.44. The fourth-order valence-electron chi connectivity index (χ4n) is 4.69. The molecule has 0 unspecified atom stereocenters. The van der Waals surface area contributed by atoms with Crippen LogP contribution in [0.2, 0.25) is 0 Å². The summed E-state index contributed by atoms with van der Waals surface area (Å²) in [6.07, 6.45) is 15.5. The average Bonchev–Trinajstić information content (AvgIpc) is 3.58. The molecule has 1 aliphatic carbocycles. The van der Waals surface area contributed by atoms with Gasteiger partial charge in [-0.15, -0.1) is 0 Å². The molecule has 0 saturated heterocycles. The minimum absolute atomic E-state index is 0.799. The van der Waals surface area contributed by atoms with E-state index in [-0.39, 0.29) is 0 Å². The maximum atomic E-state index is 4.81. The van der Waals surface area contributed by atoms with Crippen molar-refractivity contribution < 1.29 is 0 Å². The molecule has 0 spiro atoms. The molecule has 1 aliphatic rings. The molecule has 0 amide bonds. The third-order valence-corrected chi connectivity index (χ3v) is 7.42. The number of hydrogen-bond acceptors (Lipinski definition) is 5. The molecule has 6 rings (SSSR count). The Kier molecular flexibility index (Phi) is 5.11. The van der Waals surface area contributed by atoms with E-state index in [1.165, 1.54) is 42.4 Å². The number of imidazole rings is 1. The van der Waals surface area contributed by atoms with Crippen LogP contribution in [0, 0.1) is 5.92 Å². The normalized spacial score (nSPS) is 15.0. The lowest BCUT2D eigenvalue weighted by molar-refractivity contribution is 0.373. The molecule has 1 N–H and O–H groups in total. The number of pyridine rings is 1. The predicted molar refractivity (Wildman–Crippen MR) is 130 cm³/mol. The molecule has 0 radical (unpaired) electrons. The van der Waals surface area contributed by atoms with Crippen LogP contribution in [0.5, 0.6) is 0 Å². The molecule has 162 valence electrons. The van der Waals surface area contributed by atoms with Gasteiger partial charge in [0.25, 0.3) is 0 Å².